The molecular weight excluding hydrogens is 374 g/mol. The van der Waals surface area contributed by atoms with E-state index in [1.54, 1.807) is 4.90 Å². The topological polar surface area (TPSA) is 103 Å². The first kappa shape index (κ1) is 21.4. The van der Waals surface area contributed by atoms with E-state index in [9.17, 15) is 9.59 Å². The molecule has 1 aromatic carbocycles. The van der Waals surface area contributed by atoms with Crippen LogP contribution in [0.25, 0.3) is 0 Å². The molecule has 2 fully saturated rings. The number of benzene rings is 1. The van der Waals surface area contributed by atoms with Crippen LogP contribution in [0.4, 0.5) is 4.79 Å². The Morgan fingerprint density at radius 3 is 2.72 bits per heavy atom. The van der Waals surface area contributed by atoms with Crippen molar-refractivity contribution in [1.29, 1.82) is 0 Å². The fourth-order valence-corrected chi connectivity index (χ4v) is 3.75. The summed E-state index contributed by atoms with van der Waals surface area (Å²) in [6.45, 7) is 3.76. The number of esters is 1. The summed E-state index contributed by atoms with van der Waals surface area (Å²) in [5.41, 5.74) is 6.70. The van der Waals surface area contributed by atoms with E-state index in [2.05, 4.69) is 10.1 Å². The second-order valence-corrected chi connectivity index (χ2v) is 7.72. The molecule has 2 unspecified atom stereocenters. The number of nitrogens with one attached hydrogen (secondary N) is 1. The molecule has 2 aliphatic heterocycles. The van der Waals surface area contributed by atoms with Crippen LogP contribution in [0.1, 0.15) is 24.8 Å². The molecule has 1 aromatic rings. The first-order valence-corrected chi connectivity index (χ1v) is 10.3. The second kappa shape index (κ2) is 10.5. The van der Waals surface area contributed by atoms with Gasteiger partial charge in [-0.1, -0.05) is 12.1 Å². The molecule has 0 aromatic heterocycles. The SMILES string of the molecule is COC(=O)C(N)Cc1ccc(OCC2CN(CCC3CCNCC3)C(=O)O2)cc1. The number of carbonyl (C=O) groups excluding carboxylic acids is 2. The van der Waals surface area contributed by atoms with Gasteiger partial charge in [0.2, 0.25) is 0 Å². The van der Waals surface area contributed by atoms with Crippen LogP contribution in [0.2, 0.25) is 0 Å². The third kappa shape index (κ3) is 6.33. The predicted octanol–water partition coefficient (Wildman–Crippen LogP) is 1.32. The second-order valence-electron chi connectivity index (χ2n) is 7.72. The van der Waals surface area contributed by atoms with Crippen molar-refractivity contribution in [2.75, 3.05) is 39.9 Å². The van der Waals surface area contributed by atoms with E-state index in [0.29, 0.717) is 31.2 Å². The summed E-state index contributed by atoms with van der Waals surface area (Å²) in [4.78, 5) is 25.3. The Kier molecular flexibility index (Phi) is 7.71. The molecule has 0 aliphatic carbocycles. The fourth-order valence-electron chi connectivity index (χ4n) is 3.75. The standard InChI is InChI=1S/C21H31N3O5/c1-27-20(25)19(22)12-16-2-4-17(5-3-16)28-14-18-13-24(21(26)29-18)11-8-15-6-9-23-10-7-15/h2-5,15,18-19,23H,6-14,22H2,1H3. The Morgan fingerprint density at radius 2 is 2.03 bits per heavy atom. The van der Waals surface area contributed by atoms with Crippen LogP contribution in [-0.4, -0.2) is 69.0 Å². The molecular formula is C21H31N3O5. The number of methoxy groups -OCH3 is 1. The fraction of sp³-hybridized carbons (Fsp3) is 0.619. The van der Waals surface area contributed by atoms with Crippen LogP contribution in [0.5, 0.6) is 5.75 Å². The number of amides is 1. The third-order valence-electron chi connectivity index (χ3n) is 5.53. The molecule has 3 N–H and O–H groups in total. The van der Waals surface area contributed by atoms with Crippen molar-refractivity contribution in [1.82, 2.24) is 10.2 Å². The molecule has 0 bridgehead atoms. The normalized spacial score (nSPS) is 21.0. The average molecular weight is 405 g/mol. The van der Waals surface area contributed by atoms with Gasteiger partial charge in [-0.05, 0) is 62.4 Å². The van der Waals surface area contributed by atoms with Crippen molar-refractivity contribution in [3.63, 3.8) is 0 Å². The molecule has 8 nitrogen and oxygen atoms in total. The van der Waals surface area contributed by atoms with E-state index in [-0.39, 0.29) is 12.2 Å². The third-order valence-corrected chi connectivity index (χ3v) is 5.53. The van der Waals surface area contributed by atoms with Crippen LogP contribution in [0.15, 0.2) is 24.3 Å². The molecule has 0 saturated carbocycles. The van der Waals surface area contributed by atoms with Gasteiger partial charge in [-0.15, -0.1) is 0 Å². The highest BCUT2D eigenvalue weighted by Crippen LogP contribution is 2.20. The first-order chi connectivity index (χ1) is 14.0. The molecule has 2 saturated heterocycles. The van der Waals surface area contributed by atoms with E-state index in [1.165, 1.54) is 20.0 Å². The lowest BCUT2D eigenvalue weighted by atomic mass is 9.94. The number of hydrogen-bond donors (Lipinski definition) is 2. The maximum atomic E-state index is 12.1. The zero-order valence-electron chi connectivity index (χ0n) is 17.0. The van der Waals surface area contributed by atoms with Crippen LogP contribution in [-0.2, 0) is 20.7 Å². The van der Waals surface area contributed by atoms with Gasteiger partial charge in [0.1, 0.15) is 18.4 Å². The summed E-state index contributed by atoms with van der Waals surface area (Å²) in [7, 11) is 1.32. The Bertz CT molecular complexity index is 675. The highest BCUT2D eigenvalue weighted by Gasteiger charge is 2.32. The quantitative estimate of drug-likeness (QED) is 0.597. The Morgan fingerprint density at radius 1 is 1.31 bits per heavy atom. The van der Waals surface area contributed by atoms with Gasteiger partial charge in [0.25, 0.3) is 0 Å². The van der Waals surface area contributed by atoms with Gasteiger partial charge >= 0.3 is 12.1 Å². The molecule has 3 rings (SSSR count). The smallest absolute Gasteiger partial charge is 0.410 e. The average Bonchev–Trinajstić information content (AvgIpc) is 3.11. The number of cyclic esters (lactones) is 1. The highest BCUT2D eigenvalue weighted by molar-refractivity contribution is 5.75. The molecule has 2 aliphatic rings. The van der Waals surface area contributed by atoms with Crippen molar-refractivity contribution >= 4 is 12.1 Å². The summed E-state index contributed by atoms with van der Waals surface area (Å²) in [5, 5.41) is 3.36. The summed E-state index contributed by atoms with van der Waals surface area (Å²) >= 11 is 0. The number of nitrogens with two attached hydrogens (primary N) is 1. The van der Waals surface area contributed by atoms with Gasteiger partial charge in [-0.2, -0.15) is 0 Å². The van der Waals surface area contributed by atoms with Crippen molar-refractivity contribution in [3.05, 3.63) is 29.8 Å². The molecule has 0 radical (unpaired) electrons. The van der Waals surface area contributed by atoms with Crippen LogP contribution in [0, 0.1) is 5.92 Å². The molecule has 0 spiro atoms. The number of rotatable bonds is 9. The molecule has 160 valence electrons. The zero-order valence-corrected chi connectivity index (χ0v) is 17.0. The molecule has 29 heavy (non-hydrogen) atoms. The largest absolute Gasteiger partial charge is 0.490 e. The molecule has 8 heteroatoms. The Labute approximate surface area is 171 Å². The van der Waals surface area contributed by atoms with Crippen LogP contribution in [0.3, 0.4) is 0 Å². The van der Waals surface area contributed by atoms with Gasteiger partial charge in [0, 0.05) is 6.54 Å². The van der Waals surface area contributed by atoms with Crippen molar-refractivity contribution in [2.24, 2.45) is 11.7 Å². The summed E-state index contributed by atoms with van der Waals surface area (Å²) in [6, 6.07) is 6.70. The maximum absolute atomic E-state index is 12.1. The predicted molar refractivity (Wildman–Crippen MR) is 108 cm³/mol. The van der Waals surface area contributed by atoms with Crippen molar-refractivity contribution < 1.29 is 23.8 Å². The lowest BCUT2D eigenvalue weighted by Crippen LogP contribution is -2.33. The minimum atomic E-state index is -0.680. The van der Waals surface area contributed by atoms with Gasteiger partial charge in [0.15, 0.2) is 6.10 Å². The number of piperidine rings is 1. The maximum Gasteiger partial charge on any atom is 0.410 e. The minimum Gasteiger partial charge on any atom is -0.490 e. The zero-order chi connectivity index (χ0) is 20.6. The summed E-state index contributed by atoms with van der Waals surface area (Å²) in [5.74, 6) is 0.938. The van der Waals surface area contributed by atoms with E-state index < -0.39 is 12.0 Å². The number of nitrogens with zero attached hydrogens (tertiary/aromatic N) is 1. The molecule has 2 heterocycles. The Hall–Kier alpha value is -2.32. The molecule has 1 amide bonds. The number of hydrogen-bond acceptors (Lipinski definition) is 7. The van der Waals surface area contributed by atoms with E-state index in [0.717, 1.165) is 31.6 Å². The van der Waals surface area contributed by atoms with E-state index in [4.69, 9.17) is 15.2 Å². The van der Waals surface area contributed by atoms with Crippen molar-refractivity contribution in [3.8, 4) is 5.75 Å². The van der Waals surface area contributed by atoms with Gasteiger partial charge < -0.3 is 30.2 Å². The first-order valence-electron chi connectivity index (χ1n) is 10.3. The molecule has 2 atom stereocenters. The van der Waals surface area contributed by atoms with Crippen LogP contribution < -0.4 is 15.8 Å². The number of ether oxygens (including phenoxy) is 3. The lowest BCUT2D eigenvalue weighted by Gasteiger charge is -2.24. The van der Waals surface area contributed by atoms with Gasteiger partial charge in [-0.25, -0.2) is 4.79 Å². The van der Waals surface area contributed by atoms with Crippen molar-refractivity contribution in [2.45, 2.75) is 37.8 Å². The van der Waals surface area contributed by atoms with E-state index >= 15 is 0 Å². The van der Waals surface area contributed by atoms with Gasteiger partial charge in [-0.3, -0.25) is 4.79 Å². The number of carbonyl (C=O) groups is 2. The van der Waals surface area contributed by atoms with Crippen LogP contribution >= 0.6 is 0 Å². The van der Waals surface area contributed by atoms with Gasteiger partial charge in [0.05, 0.1) is 13.7 Å². The lowest BCUT2D eigenvalue weighted by molar-refractivity contribution is -0.142. The summed E-state index contributed by atoms with van der Waals surface area (Å²) < 4.78 is 15.8. The highest BCUT2D eigenvalue weighted by atomic mass is 16.6. The van der Waals surface area contributed by atoms with E-state index in [1.807, 2.05) is 24.3 Å². The monoisotopic (exact) mass is 405 g/mol. The Balaban J connectivity index is 1.39. The summed E-state index contributed by atoms with van der Waals surface area (Å²) in [6.07, 6.45) is 3.27. The minimum absolute atomic E-state index is 0.250.